The molecule has 0 aliphatic carbocycles. The number of nitrogens with zero attached hydrogens (tertiary/aromatic N) is 2. The first-order chi connectivity index (χ1) is 14.4. The molecule has 1 N–H and O–H groups in total. The minimum atomic E-state index is -0.742. The summed E-state index contributed by atoms with van der Waals surface area (Å²) in [5.41, 5.74) is 1.35. The van der Waals surface area contributed by atoms with E-state index in [0.717, 1.165) is 35.4 Å². The van der Waals surface area contributed by atoms with Gasteiger partial charge in [0.05, 0.1) is 27.0 Å². The monoisotopic (exact) mass is 413 g/mol. The molecule has 1 aromatic heterocycles. The zero-order chi connectivity index (χ0) is 21.7. The van der Waals surface area contributed by atoms with Crippen molar-refractivity contribution in [1.29, 1.82) is 0 Å². The predicted octanol–water partition coefficient (Wildman–Crippen LogP) is 4.19. The number of hydrogen-bond acceptors (Lipinski definition) is 4. The number of ether oxygens (including phenoxy) is 2. The Hall–Kier alpha value is -3.68. The smallest absolute Gasteiger partial charge is 0.249 e. The normalized spacial score (nSPS) is 11.0. The highest BCUT2D eigenvalue weighted by Gasteiger charge is 2.12. The van der Waals surface area contributed by atoms with Crippen LogP contribution in [0.2, 0.25) is 0 Å². The molecule has 0 aliphatic heterocycles. The summed E-state index contributed by atoms with van der Waals surface area (Å²) in [6.07, 6.45) is 3.80. The number of aromatic nitrogens is 2. The lowest BCUT2D eigenvalue weighted by atomic mass is 10.2. The third kappa shape index (κ3) is 4.65. The first kappa shape index (κ1) is 21.0. The SMILES string of the molecule is COc1ccc(Cn2ncc(C)c2NC(=O)C=Cc2c(F)cccc2F)cc1OC. The number of carbonyl (C=O) groups excluding carboxylic acids is 1. The average Bonchev–Trinajstić information content (AvgIpc) is 3.06. The molecule has 0 atom stereocenters. The fraction of sp³-hybridized carbons (Fsp3) is 0.182. The second kappa shape index (κ2) is 9.21. The number of hydrogen-bond donors (Lipinski definition) is 1. The van der Waals surface area contributed by atoms with Crippen LogP contribution in [0.15, 0.2) is 48.7 Å². The lowest BCUT2D eigenvalue weighted by molar-refractivity contribution is -0.111. The fourth-order valence-electron chi connectivity index (χ4n) is 2.90. The maximum atomic E-state index is 13.7. The second-order valence-corrected chi connectivity index (χ2v) is 6.48. The largest absolute Gasteiger partial charge is 0.493 e. The number of rotatable bonds is 7. The van der Waals surface area contributed by atoms with Crippen LogP contribution in [0.3, 0.4) is 0 Å². The van der Waals surface area contributed by atoms with E-state index < -0.39 is 17.5 Å². The second-order valence-electron chi connectivity index (χ2n) is 6.48. The third-order valence-corrected chi connectivity index (χ3v) is 4.45. The van der Waals surface area contributed by atoms with E-state index in [2.05, 4.69) is 10.4 Å². The average molecular weight is 413 g/mol. The number of amides is 1. The lowest BCUT2D eigenvalue weighted by Gasteiger charge is -2.12. The molecule has 0 unspecified atom stereocenters. The van der Waals surface area contributed by atoms with Crippen molar-refractivity contribution in [3.05, 3.63) is 77.0 Å². The Morgan fingerprint density at radius 1 is 1.13 bits per heavy atom. The minimum absolute atomic E-state index is 0.275. The molecule has 6 nitrogen and oxygen atoms in total. The van der Waals surface area contributed by atoms with Gasteiger partial charge in [-0.1, -0.05) is 12.1 Å². The summed E-state index contributed by atoms with van der Waals surface area (Å²) < 4.78 is 39.6. The molecule has 0 radical (unpaired) electrons. The number of carbonyl (C=O) groups is 1. The molecule has 1 heterocycles. The minimum Gasteiger partial charge on any atom is -0.493 e. The van der Waals surface area contributed by atoms with E-state index in [1.165, 1.54) is 6.07 Å². The Kier molecular flexibility index (Phi) is 6.46. The zero-order valence-electron chi connectivity index (χ0n) is 16.8. The van der Waals surface area contributed by atoms with Crippen LogP contribution in [0.25, 0.3) is 6.08 Å². The number of aryl methyl sites for hydroxylation is 1. The summed E-state index contributed by atoms with van der Waals surface area (Å²) >= 11 is 0. The van der Waals surface area contributed by atoms with Crippen LogP contribution < -0.4 is 14.8 Å². The van der Waals surface area contributed by atoms with Crippen molar-refractivity contribution in [2.45, 2.75) is 13.5 Å². The van der Waals surface area contributed by atoms with Crippen molar-refractivity contribution in [3.8, 4) is 11.5 Å². The van der Waals surface area contributed by atoms with E-state index in [9.17, 15) is 13.6 Å². The van der Waals surface area contributed by atoms with Crippen molar-refractivity contribution < 1.29 is 23.0 Å². The highest BCUT2D eigenvalue weighted by atomic mass is 19.1. The van der Waals surface area contributed by atoms with Crippen LogP contribution in [0, 0.1) is 18.6 Å². The number of halogens is 2. The summed E-state index contributed by atoms with van der Waals surface area (Å²) in [6, 6.07) is 8.99. The number of anilines is 1. The van der Waals surface area contributed by atoms with Crippen molar-refractivity contribution >= 4 is 17.8 Å². The fourth-order valence-corrected chi connectivity index (χ4v) is 2.90. The topological polar surface area (TPSA) is 65.4 Å². The van der Waals surface area contributed by atoms with Gasteiger partial charge in [0.15, 0.2) is 11.5 Å². The van der Waals surface area contributed by atoms with Gasteiger partial charge in [-0.3, -0.25) is 4.79 Å². The van der Waals surface area contributed by atoms with Gasteiger partial charge in [0.25, 0.3) is 0 Å². The molecular weight excluding hydrogens is 392 g/mol. The molecule has 0 saturated heterocycles. The molecule has 0 aliphatic rings. The Bertz CT molecular complexity index is 1070. The van der Waals surface area contributed by atoms with Crippen molar-refractivity contribution in [2.75, 3.05) is 19.5 Å². The van der Waals surface area contributed by atoms with Gasteiger partial charge in [-0.05, 0) is 42.8 Å². The van der Waals surface area contributed by atoms with Gasteiger partial charge >= 0.3 is 0 Å². The van der Waals surface area contributed by atoms with Gasteiger partial charge in [0.1, 0.15) is 17.5 Å². The maximum Gasteiger partial charge on any atom is 0.249 e. The van der Waals surface area contributed by atoms with E-state index in [0.29, 0.717) is 23.9 Å². The molecule has 1 amide bonds. The Labute approximate surface area is 172 Å². The zero-order valence-corrected chi connectivity index (χ0v) is 16.8. The number of benzene rings is 2. The molecule has 30 heavy (non-hydrogen) atoms. The molecule has 2 aromatic carbocycles. The first-order valence-electron chi connectivity index (χ1n) is 9.09. The van der Waals surface area contributed by atoms with Gasteiger partial charge < -0.3 is 14.8 Å². The van der Waals surface area contributed by atoms with Crippen LogP contribution in [-0.2, 0) is 11.3 Å². The van der Waals surface area contributed by atoms with Crippen LogP contribution in [-0.4, -0.2) is 29.9 Å². The number of nitrogens with one attached hydrogen (secondary N) is 1. The quantitative estimate of drug-likeness (QED) is 0.590. The Morgan fingerprint density at radius 2 is 1.83 bits per heavy atom. The van der Waals surface area contributed by atoms with Gasteiger partial charge in [0, 0.05) is 17.2 Å². The molecule has 0 bridgehead atoms. The molecule has 8 heteroatoms. The predicted molar refractivity (Wildman–Crippen MR) is 110 cm³/mol. The van der Waals surface area contributed by atoms with E-state index in [1.54, 1.807) is 38.1 Å². The van der Waals surface area contributed by atoms with Gasteiger partial charge in [0.2, 0.25) is 5.91 Å². The molecule has 156 valence electrons. The molecular formula is C22H21F2N3O3. The van der Waals surface area contributed by atoms with Crippen molar-refractivity contribution in [3.63, 3.8) is 0 Å². The highest BCUT2D eigenvalue weighted by molar-refractivity contribution is 6.01. The lowest BCUT2D eigenvalue weighted by Crippen LogP contribution is -2.14. The summed E-state index contributed by atoms with van der Waals surface area (Å²) in [5, 5.41) is 7.01. The van der Waals surface area contributed by atoms with Gasteiger partial charge in [-0.15, -0.1) is 0 Å². The Balaban J connectivity index is 1.78. The first-order valence-corrected chi connectivity index (χ1v) is 9.09. The van der Waals surface area contributed by atoms with E-state index >= 15 is 0 Å². The van der Waals surface area contributed by atoms with Crippen molar-refractivity contribution in [2.24, 2.45) is 0 Å². The number of methoxy groups -OCH3 is 2. The summed E-state index contributed by atoms with van der Waals surface area (Å²) in [5.74, 6) is -0.345. The summed E-state index contributed by atoms with van der Waals surface area (Å²) in [4.78, 5) is 12.3. The molecule has 0 fully saturated rings. The highest BCUT2D eigenvalue weighted by Crippen LogP contribution is 2.28. The third-order valence-electron chi connectivity index (χ3n) is 4.45. The van der Waals surface area contributed by atoms with E-state index in [1.807, 2.05) is 12.1 Å². The van der Waals surface area contributed by atoms with Crippen LogP contribution >= 0.6 is 0 Å². The molecule has 0 spiro atoms. The van der Waals surface area contributed by atoms with Crippen LogP contribution in [0.5, 0.6) is 11.5 Å². The maximum absolute atomic E-state index is 13.7. The molecule has 3 aromatic rings. The van der Waals surface area contributed by atoms with E-state index in [4.69, 9.17) is 9.47 Å². The van der Waals surface area contributed by atoms with Crippen LogP contribution in [0.4, 0.5) is 14.6 Å². The summed E-state index contributed by atoms with van der Waals surface area (Å²) in [7, 11) is 3.11. The van der Waals surface area contributed by atoms with Crippen molar-refractivity contribution in [1.82, 2.24) is 9.78 Å². The van der Waals surface area contributed by atoms with Crippen LogP contribution in [0.1, 0.15) is 16.7 Å². The summed E-state index contributed by atoms with van der Waals surface area (Å²) in [6.45, 7) is 2.17. The standard InChI is InChI=1S/C22H21F2N3O3/c1-14-12-25-27(13-15-7-9-19(29-2)20(11-15)30-3)22(14)26-21(28)10-8-16-17(23)5-4-6-18(16)24/h4-12H,13H2,1-3H3,(H,26,28). The molecule has 3 rings (SSSR count). The van der Waals surface area contributed by atoms with E-state index in [-0.39, 0.29) is 5.56 Å². The van der Waals surface area contributed by atoms with Gasteiger partial charge in [-0.2, -0.15) is 5.10 Å². The Morgan fingerprint density at radius 3 is 2.50 bits per heavy atom. The molecule has 0 saturated carbocycles. The van der Waals surface area contributed by atoms with Gasteiger partial charge in [-0.25, -0.2) is 13.5 Å².